The normalized spacial score (nSPS) is 19.2. The number of Topliss-reactive ketones (excluding diaryl/α,β-unsaturated/α-hetero) is 1. The molecule has 1 fully saturated rings. The lowest BCUT2D eigenvalue weighted by atomic mass is 9.90. The molecule has 0 saturated carbocycles. The molecule has 4 heteroatoms. The number of nitrogens with zero attached hydrogens (tertiary/aromatic N) is 1. The van der Waals surface area contributed by atoms with Crippen LogP contribution in [-0.2, 0) is 0 Å². The fraction of sp³-hybridized carbons (Fsp3) is 0.611. The van der Waals surface area contributed by atoms with Crippen molar-refractivity contribution in [1.29, 1.82) is 0 Å². The molecule has 0 unspecified atom stereocenters. The largest absolute Gasteiger partial charge is 0.493 e. The maximum absolute atomic E-state index is 12.5. The number of likely N-dealkylation sites (tertiary alicyclic amines) is 1. The number of ether oxygens (including phenoxy) is 2. The van der Waals surface area contributed by atoms with Gasteiger partial charge in [-0.2, -0.15) is 0 Å². The third-order valence-electron chi connectivity index (χ3n) is 4.46. The number of hydrogen-bond donors (Lipinski definition) is 0. The molecule has 1 aromatic carbocycles. The van der Waals surface area contributed by atoms with Crippen LogP contribution in [0, 0.1) is 5.92 Å². The molecular weight excluding hydrogens is 278 g/mol. The van der Waals surface area contributed by atoms with Gasteiger partial charge < -0.3 is 14.4 Å². The first kappa shape index (κ1) is 16.8. The van der Waals surface area contributed by atoms with Gasteiger partial charge in [-0.1, -0.05) is 0 Å². The SMILES string of the molecule is COc1ccc(C(=O)C[C@@H]2CCCN(C(C)C)C2)cc1OC. The molecule has 0 bridgehead atoms. The highest BCUT2D eigenvalue weighted by Crippen LogP contribution is 2.29. The van der Waals surface area contributed by atoms with Crippen LogP contribution in [0.4, 0.5) is 0 Å². The highest BCUT2D eigenvalue weighted by Gasteiger charge is 2.24. The molecule has 1 heterocycles. The monoisotopic (exact) mass is 305 g/mol. The van der Waals surface area contributed by atoms with Gasteiger partial charge in [-0.15, -0.1) is 0 Å². The molecule has 1 aromatic rings. The van der Waals surface area contributed by atoms with Crippen molar-refractivity contribution >= 4 is 5.78 Å². The van der Waals surface area contributed by atoms with E-state index in [4.69, 9.17) is 9.47 Å². The maximum Gasteiger partial charge on any atom is 0.163 e. The number of piperidine rings is 1. The molecule has 2 rings (SSSR count). The van der Waals surface area contributed by atoms with Crippen molar-refractivity contribution in [2.75, 3.05) is 27.3 Å². The molecule has 1 aliphatic heterocycles. The molecule has 0 amide bonds. The molecule has 122 valence electrons. The molecule has 22 heavy (non-hydrogen) atoms. The summed E-state index contributed by atoms with van der Waals surface area (Å²) in [6, 6.07) is 5.96. The van der Waals surface area contributed by atoms with Crippen molar-refractivity contribution in [2.24, 2.45) is 5.92 Å². The van der Waals surface area contributed by atoms with E-state index in [-0.39, 0.29) is 5.78 Å². The molecule has 0 aliphatic carbocycles. The number of rotatable bonds is 6. The third kappa shape index (κ3) is 4.01. The minimum atomic E-state index is 0.191. The molecule has 0 spiro atoms. The Morgan fingerprint density at radius 1 is 1.27 bits per heavy atom. The Labute approximate surface area is 133 Å². The molecule has 0 radical (unpaired) electrons. The number of ketones is 1. The Balaban J connectivity index is 2.02. The summed E-state index contributed by atoms with van der Waals surface area (Å²) in [6.07, 6.45) is 2.93. The van der Waals surface area contributed by atoms with Crippen molar-refractivity contribution in [2.45, 2.75) is 39.2 Å². The summed E-state index contributed by atoms with van der Waals surface area (Å²) in [5.41, 5.74) is 0.708. The van der Waals surface area contributed by atoms with Crippen molar-refractivity contribution in [1.82, 2.24) is 4.90 Å². The van der Waals surface area contributed by atoms with Crippen molar-refractivity contribution in [3.05, 3.63) is 23.8 Å². The molecule has 1 saturated heterocycles. The van der Waals surface area contributed by atoms with E-state index in [0.717, 1.165) is 19.5 Å². The van der Waals surface area contributed by atoms with Crippen LogP contribution in [0.1, 0.15) is 43.5 Å². The quantitative estimate of drug-likeness (QED) is 0.755. The summed E-state index contributed by atoms with van der Waals surface area (Å²) in [5, 5.41) is 0. The Bertz CT molecular complexity index is 513. The van der Waals surface area contributed by atoms with Crippen molar-refractivity contribution in [3.8, 4) is 11.5 Å². The van der Waals surface area contributed by atoms with E-state index >= 15 is 0 Å². The molecular formula is C18H27NO3. The Hall–Kier alpha value is -1.55. The van der Waals surface area contributed by atoms with Crippen LogP contribution in [0.2, 0.25) is 0 Å². The van der Waals surface area contributed by atoms with Crippen LogP contribution in [0.25, 0.3) is 0 Å². The Morgan fingerprint density at radius 3 is 2.64 bits per heavy atom. The lowest BCUT2D eigenvalue weighted by molar-refractivity contribution is 0.0889. The number of hydrogen-bond acceptors (Lipinski definition) is 4. The topological polar surface area (TPSA) is 38.8 Å². The predicted octanol–water partition coefficient (Wildman–Crippen LogP) is 3.40. The smallest absolute Gasteiger partial charge is 0.163 e. The summed E-state index contributed by atoms with van der Waals surface area (Å²) >= 11 is 0. The van der Waals surface area contributed by atoms with Gasteiger partial charge in [0.1, 0.15) is 0 Å². The minimum Gasteiger partial charge on any atom is -0.493 e. The van der Waals surface area contributed by atoms with Gasteiger partial charge in [0.2, 0.25) is 0 Å². The Morgan fingerprint density at radius 2 is 2.00 bits per heavy atom. The van der Waals surface area contributed by atoms with E-state index < -0.39 is 0 Å². The number of methoxy groups -OCH3 is 2. The van der Waals surface area contributed by atoms with E-state index in [0.29, 0.717) is 35.4 Å². The second-order valence-corrected chi connectivity index (χ2v) is 6.29. The van der Waals surface area contributed by atoms with Gasteiger partial charge >= 0.3 is 0 Å². The number of carbonyl (C=O) groups excluding carboxylic acids is 1. The molecule has 0 N–H and O–H groups in total. The summed E-state index contributed by atoms with van der Waals surface area (Å²) in [4.78, 5) is 15.0. The van der Waals surface area contributed by atoms with Gasteiger partial charge in [0.15, 0.2) is 17.3 Å². The van der Waals surface area contributed by atoms with Gasteiger partial charge in [-0.25, -0.2) is 0 Å². The minimum absolute atomic E-state index is 0.191. The molecule has 0 aromatic heterocycles. The lowest BCUT2D eigenvalue weighted by Crippen LogP contribution is -2.40. The zero-order valence-electron chi connectivity index (χ0n) is 14.1. The fourth-order valence-electron chi connectivity index (χ4n) is 3.12. The van der Waals surface area contributed by atoms with Gasteiger partial charge in [-0.3, -0.25) is 4.79 Å². The van der Waals surface area contributed by atoms with E-state index in [9.17, 15) is 4.79 Å². The van der Waals surface area contributed by atoms with E-state index in [2.05, 4.69) is 18.7 Å². The second-order valence-electron chi connectivity index (χ2n) is 6.29. The van der Waals surface area contributed by atoms with Gasteiger partial charge in [0, 0.05) is 24.6 Å². The van der Waals surface area contributed by atoms with Crippen LogP contribution in [0.15, 0.2) is 18.2 Å². The van der Waals surface area contributed by atoms with Crippen molar-refractivity contribution < 1.29 is 14.3 Å². The Kier molecular flexibility index (Phi) is 5.83. The summed E-state index contributed by atoms with van der Waals surface area (Å²) in [6.45, 7) is 6.62. The van der Waals surface area contributed by atoms with Crippen LogP contribution < -0.4 is 9.47 Å². The molecule has 1 atom stereocenters. The van der Waals surface area contributed by atoms with E-state index in [1.807, 2.05) is 6.07 Å². The number of benzene rings is 1. The third-order valence-corrected chi connectivity index (χ3v) is 4.46. The standard InChI is InChI=1S/C18H27NO3/c1-13(2)19-9-5-6-14(12-19)10-16(20)15-7-8-17(21-3)18(11-15)22-4/h7-8,11,13-14H,5-6,9-10,12H2,1-4H3/t14-/m0/s1. The predicted molar refractivity (Wildman–Crippen MR) is 87.9 cm³/mol. The average Bonchev–Trinajstić information content (AvgIpc) is 2.54. The first-order chi connectivity index (χ1) is 10.5. The average molecular weight is 305 g/mol. The molecule has 1 aliphatic rings. The van der Waals surface area contributed by atoms with Crippen LogP contribution in [-0.4, -0.2) is 44.0 Å². The molecule has 4 nitrogen and oxygen atoms in total. The summed E-state index contributed by atoms with van der Waals surface area (Å²) < 4.78 is 10.5. The van der Waals surface area contributed by atoms with E-state index in [1.165, 1.54) is 6.42 Å². The van der Waals surface area contributed by atoms with Crippen LogP contribution >= 0.6 is 0 Å². The highest BCUT2D eigenvalue weighted by molar-refractivity contribution is 5.96. The van der Waals surface area contributed by atoms with Gasteiger partial charge in [-0.05, 0) is 57.4 Å². The van der Waals surface area contributed by atoms with E-state index in [1.54, 1.807) is 26.4 Å². The second kappa shape index (κ2) is 7.63. The summed E-state index contributed by atoms with van der Waals surface area (Å²) in [5.74, 6) is 1.91. The van der Waals surface area contributed by atoms with Crippen LogP contribution in [0.3, 0.4) is 0 Å². The maximum atomic E-state index is 12.5. The van der Waals surface area contributed by atoms with Gasteiger partial charge in [0.25, 0.3) is 0 Å². The lowest BCUT2D eigenvalue weighted by Gasteiger charge is -2.35. The van der Waals surface area contributed by atoms with Gasteiger partial charge in [0.05, 0.1) is 14.2 Å². The highest BCUT2D eigenvalue weighted by atomic mass is 16.5. The van der Waals surface area contributed by atoms with Crippen LogP contribution in [0.5, 0.6) is 11.5 Å². The summed E-state index contributed by atoms with van der Waals surface area (Å²) in [7, 11) is 3.19. The van der Waals surface area contributed by atoms with Crippen molar-refractivity contribution in [3.63, 3.8) is 0 Å². The zero-order valence-corrected chi connectivity index (χ0v) is 14.1. The fourth-order valence-corrected chi connectivity index (χ4v) is 3.12. The first-order valence-corrected chi connectivity index (χ1v) is 8.04. The first-order valence-electron chi connectivity index (χ1n) is 8.04. The zero-order chi connectivity index (χ0) is 16.1. The number of carbonyl (C=O) groups is 1.